The predicted molar refractivity (Wildman–Crippen MR) is 46.8 cm³/mol. The average molecular weight is 211 g/mol. The summed E-state index contributed by atoms with van der Waals surface area (Å²) in [4.78, 5) is 0. The van der Waals surface area contributed by atoms with E-state index < -0.39 is 28.2 Å². The molecule has 0 aromatic carbocycles. The summed E-state index contributed by atoms with van der Waals surface area (Å²) < 4.78 is 34.1. The van der Waals surface area contributed by atoms with Crippen LogP contribution in [0.2, 0.25) is 0 Å². The van der Waals surface area contributed by atoms with Crippen LogP contribution in [-0.2, 0) is 9.84 Å². The molecule has 2 unspecified atom stereocenters. The topological polar surface area (TPSA) is 80.4 Å². The van der Waals surface area contributed by atoms with Crippen LogP contribution in [0.15, 0.2) is 0 Å². The molecule has 0 aromatic heterocycles. The molecule has 1 aliphatic heterocycles. The van der Waals surface area contributed by atoms with Crippen LogP contribution in [-0.4, -0.2) is 43.3 Å². The molecule has 13 heavy (non-hydrogen) atoms. The zero-order valence-corrected chi connectivity index (χ0v) is 8.06. The fourth-order valence-electron chi connectivity index (χ4n) is 1.63. The molecule has 1 rings (SSSR count). The van der Waals surface area contributed by atoms with Gasteiger partial charge in [-0.3, -0.25) is 0 Å². The van der Waals surface area contributed by atoms with Gasteiger partial charge in [0.1, 0.15) is 6.67 Å². The summed E-state index contributed by atoms with van der Waals surface area (Å²) in [5.74, 6) is -0.0977. The second-order valence-electron chi connectivity index (χ2n) is 3.72. The van der Waals surface area contributed by atoms with E-state index >= 15 is 0 Å². The highest BCUT2D eigenvalue weighted by molar-refractivity contribution is 7.91. The van der Waals surface area contributed by atoms with E-state index in [1.54, 1.807) is 0 Å². The van der Waals surface area contributed by atoms with Crippen LogP contribution >= 0.6 is 0 Å². The van der Waals surface area contributed by atoms with Gasteiger partial charge in [-0.05, 0) is 12.8 Å². The number of sulfone groups is 1. The van der Waals surface area contributed by atoms with Crippen molar-refractivity contribution < 1.29 is 17.9 Å². The lowest BCUT2D eigenvalue weighted by atomic mass is 9.93. The van der Waals surface area contributed by atoms with Crippen molar-refractivity contribution in [3.8, 4) is 0 Å². The van der Waals surface area contributed by atoms with Gasteiger partial charge in [0.2, 0.25) is 0 Å². The van der Waals surface area contributed by atoms with Gasteiger partial charge >= 0.3 is 0 Å². The Balaban J connectivity index is 2.60. The Hall–Kier alpha value is -0.200. The van der Waals surface area contributed by atoms with Gasteiger partial charge in [-0.2, -0.15) is 0 Å². The number of rotatable bonds is 3. The predicted octanol–water partition coefficient (Wildman–Crippen LogP) is -0.777. The van der Waals surface area contributed by atoms with Crippen molar-refractivity contribution in [3.63, 3.8) is 0 Å². The summed E-state index contributed by atoms with van der Waals surface area (Å²) >= 11 is 0. The van der Waals surface area contributed by atoms with E-state index in [0.29, 0.717) is 6.42 Å². The van der Waals surface area contributed by atoms with Crippen LogP contribution in [0.1, 0.15) is 12.8 Å². The van der Waals surface area contributed by atoms with Gasteiger partial charge in [0.15, 0.2) is 9.84 Å². The van der Waals surface area contributed by atoms with Crippen LogP contribution in [0, 0.1) is 0 Å². The van der Waals surface area contributed by atoms with Crippen molar-refractivity contribution in [2.75, 3.05) is 18.2 Å². The minimum atomic E-state index is -3.07. The monoisotopic (exact) mass is 211 g/mol. The molecule has 3 N–H and O–H groups in total. The van der Waals surface area contributed by atoms with Gasteiger partial charge < -0.3 is 10.8 Å². The lowest BCUT2D eigenvalue weighted by Gasteiger charge is -2.23. The zero-order chi connectivity index (χ0) is 10.1. The third kappa shape index (κ3) is 2.89. The van der Waals surface area contributed by atoms with E-state index in [1.165, 1.54) is 0 Å². The molecule has 1 aliphatic rings. The van der Waals surface area contributed by atoms with Crippen LogP contribution < -0.4 is 5.73 Å². The maximum Gasteiger partial charge on any atom is 0.152 e. The number of nitrogens with two attached hydrogens (primary N) is 1. The summed E-state index contributed by atoms with van der Waals surface area (Å²) in [5.41, 5.74) is 4.78. The lowest BCUT2D eigenvalue weighted by molar-refractivity contribution is 0.108. The van der Waals surface area contributed by atoms with E-state index in [-0.39, 0.29) is 17.9 Å². The standard InChI is InChI=1S/C7H14FNO3S/c8-4-6(10)3-7(9)1-2-13(11,12)5-7/h6,10H,1-5,9H2. The van der Waals surface area contributed by atoms with E-state index in [1.807, 2.05) is 0 Å². The molecule has 78 valence electrons. The van der Waals surface area contributed by atoms with E-state index in [4.69, 9.17) is 10.8 Å². The Bertz CT molecular complexity index is 279. The van der Waals surface area contributed by atoms with Crippen molar-refractivity contribution in [1.82, 2.24) is 0 Å². The molecule has 1 fully saturated rings. The first-order chi connectivity index (χ1) is 5.87. The number of halogens is 1. The van der Waals surface area contributed by atoms with Crippen molar-refractivity contribution in [1.29, 1.82) is 0 Å². The summed E-state index contributed by atoms with van der Waals surface area (Å²) in [6, 6.07) is 0. The Morgan fingerprint density at radius 1 is 1.62 bits per heavy atom. The van der Waals surface area contributed by atoms with Crippen LogP contribution in [0.3, 0.4) is 0 Å². The highest BCUT2D eigenvalue weighted by atomic mass is 32.2. The second-order valence-corrected chi connectivity index (χ2v) is 5.90. The first kappa shape index (κ1) is 10.9. The summed E-state index contributed by atoms with van der Waals surface area (Å²) in [7, 11) is -3.07. The maximum atomic E-state index is 11.9. The number of hydrogen-bond acceptors (Lipinski definition) is 4. The largest absolute Gasteiger partial charge is 0.390 e. The van der Waals surface area contributed by atoms with Crippen LogP contribution in [0.4, 0.5) is 4.39 Å². The molecule has 0 saturated carbocycles. The first-order valence-electron chi connectivity index (χ1n) is 4.10. The number of aliphatic hydroxyl groups excluding tert-OH is 1. The minimum absolute atomic E-state index is 0.0166. The third-order valence-electron chi connectivity index (χ3n) is 2.24. The van der Waals surface area contributed by atoms with Crippen molar-refractivity contribution in [2.45, 2.75) is 24.5 Å². The fraction of sp³-hybridized carbons (Fsp3) is 1.00. The lowest BCUT2D eigenvalue weighted by Crippen LogP contribution is -2.44. The molecular formula is C7H14FNO3S. The highest BCUT2D eigenvalue weighted by Crippen LogP contribution is 2.25. The Kier molecular flexibility index (Phi) is 2.94. The molecule has 0 spiro atoms. The molecule has 0 aliphatic carbocycles. The van der Waals surface area contributed by atoms with E-state index in [2.05, 4.69) is 0 Å². The summed E-state index contributed by atoms with van der Waals surface area (Å²) in [6.45, 7) is -0.876. The Morgan fingerprint density at radius 3 is 2.62 bits per heavy atom. The van der Waals surface area contributed by atoms with Crippen molar-refractivity contribution in [3.05, 3.63) is 0 Å². The van der Waals surface area contributed by atoms with Gasteiger partial charge in [0.25, 0.3) is 0 Å². The quantitative estimate of drug-likeness (QED) is 0.642. The maximum absolute atomic E-state index is 11.9. The van der Waals surface area contributed by atoms with E-state index in [0.717, 1.165) is 0 Å². The molecule has 1 heterocycles. The molecule has 4 nitrogen and oxygen atoms in total. The molecule has 2 atom stereocenters. The van der Waals surface area contributed by atoms with Gasteiger partial charge in [-0.25, -0.2) is 12.8 Å². The fourth-order valence-corrected chi connectivity index (χ4v) is 3.63. The Labute approximate surface area is 76.8 Å². The number of aliphatic hydroxyl groups is 1. The minimum Gasteiger partial charge on any atom is -0.390 e. The normalized spacial score (nSPS) is 34.7. The van der Waals surface area contributed by atoms with E-state index in [9.17, 15) is 12.8 Å². The molecular weight excluding hydrogens is 197 g/mol. The van der Waals surface area contributed by atoms with Crippen molar-refractivity contribution in [2.24, 2.45) is 5.73 Å². The smallest absolute Gasteiger partial charge is 0.152 e. The molecule has 0 amide bonds. The van der Waals surface area contributed by atoms with Gasteiger partial charge in [0, 0.05) is 5.54 Å². The van der Waals surface area contributed by atoms with Gasteiger partial charge in [-0.15, -0.1) is 0 Å². The SMILES string of the molecule is NC1(CC(O)CF)CCS(=O)(=O)C1. The zero-order valence-electron chi connectivity index (χ0n) is 7.24. The molecule has 0 bridgehead atoms. The third-order valence-corrected chi connectivity index (χ3v) is 4.08. The van der Waals surface area contributed by atoms with Gasteiger partial charge in [0.05, 0.1) is 17.6 Å². The summed E-state index contributed by atoms with van der Waals surface area (Å²) in [6.07, 6.45) is -0.812. The number of alkyl halides is 1. The first-order valence-corrected chi connectivity index (χ1v) is 5.92. The summed E-state index contributed by atoms with van der Waals surface area (Å²) in [5, 5.41) is 9.00. The van der Waals surface area contributed by atoms with Crippen LogP contribution in [0.5, 0.6) is 0 Å². The number of hydrogen-bond donors (Lipinski definition) is 2. The molecule has 6 heteroatoms. The average Bonchev–Trinajstić information content (AvgIpc) is 2.25. The highest BCUT2D eigenvalue weighted by Gasteiger charge is 2.40. The van der Waals surface area contributed by atoms with Gasteiger partial charge in [-0.1, -0.05) is 0 Å². The van der Waals surface area contributed by atoms with Crippen LogP contribution in [0.25, 0.3) is 0 Å². The molecule has 1 saturated heterocycles. The van der Waals surface area contributed by atoms with Crippen molar-refractivity contribution >= 4 is 9.84 Å². The Morgan fingerprint density at radius 2 is 2.23 bits per heavy atom. The molecule has 0 radical (unpaired) electrons. The molecule has 0 aromatic rings. The second kappa shape index (κ2) is 3.51.